The number of alkyl halides is 3. The summed E-state index contributed by atoms with van der Waals surface area (Å²) in [5.74, 6) is -0.650. The summed E-state index contributed by atoms with van der Waals surface area (Å²) in [7, 11) is 1.44. The number of benzene rings is 2. The van der Waals surface area contributed by atoms with Crippen molar-refractivity contribution in [3.05, 3.63) is 64.9 Å². The highest BCUT2D eigenvalue weighted by Crippen LogP contribution is 2.34. The Balaban J connectivity index is 2.10. The van der Waals surface area contributed by atoms with Crippen molar-refractivity contribution in [3.63, 3.8) is 0 Å². The van der Waals surface area contributed by atoms with Gasteiger partial charge in [-0.05, 0) is 48.4 Å². The van der Waals surface area contributed by atoms with Gasteiger partial charge in [-0.1, -0.05) is 11.6 Å². The van der Waals surface area contributed by atoms with Crippen molar-refractivity contribution >= 4 is 28.9 Å². The molecule has 0 spiro atoms. The molecule has 0 bridgehead atoms. The van der Waals surface area contributed by atoms with Crippen LogP contribution in [0.3, 0.4) is 0 Å². The summed E-state index contributed by atoms with van der Waals surface area (Å²) in [6, 6.07) is 9.82. The van der Waals surface area contributed by atoms with Crippen molar-refractivity contribution in [2.75, 3.05) is 12.8 Å². The van der Waals surface area contributed by atoms with Crippen LogP contribution in [0.4, 0.5) is 24.5 Å². The lowest BCUT2D eigenvalue weighted by Crippen LogP contribution is -2.24. The highest BCUT2D eigenvalue weighted by atomic mass is 35.5. The van der Waals surface area contributed by atoms with E-state index in [1.807, 2.05) is 0 Å². The van der Waals surface area contributed by atoms with Crippen LogP contribution >= 0.6 is 11.6 Å². The molecular weight excluding hydrogens is 397 g/mol. The lowest BCUT2D eigenvalue weighted by Gasteiger charge is -2.16. The van der Waals surface area contributed by atoms with E-state index >= 15 is 0 Å². The minimum Gasteiger partial charge on any atom is -0.858 e. The molecule has 0 aliphatic rings. The van der Waals surface area contributed by atoms with Gasteiger partial charge in [-0.25, -0.2) is 4.68 Å². The molecule has 1 aromatic heterocycles. The van der Waals surface area contributed by atoms with E-state index in [1.54, 1.807) is 0 Å². The third-order valence-electron chi connectivity index (χ3n) is 3.72. The van der Waals surface area contributed by atoms with Gasteiger partial charge >= 0.3 is 6.18 Å². The summed E-state index contributed by atoms with van der Waals surface area (Å²) in [4.78, 5) is 3.68. The molecule has 28 heavy (non-hydrogen) atoms. The fourth-order valence-corrected chi connectivity index (χ4v) is 2.77. The number of anilines is 1. The van der Waals surface area contributed by atoms with Crippen molar-refractivity contribution in [3.8, 4) is 11.4 Å². The van der Waals surface area contributed by atoms with Crippen LogP contribution in [0.25, 0.3) is 5.69 Å². The first-order valence-corrected chi connectivity index (χ1v) is 8.18. The molecule has 3 rings (SSSR count). The second-order valence-electron chi connectivity index (χ2n) is 5.67. The van der Waals surface area contributed by atoms with Gasteiger partial charge in [-0.15, -0.1) is 0 Å². The number of ether oxygens (including phenoxy) is 1. The molecule has 6 nitrogen and oxygen atoms in total. The minimum absolute atomic E-state index is 0.0420. The molecule has 0 saturated carbocycles. The zero-order valence-corrected chi connectivity index (χ0v) is 15.1. The molecule has 0 amide bonds. The number of aromatic nitrogens is 2. The van der Waals surface area contributed by atoms with E-state index in [1.165, 1.54) is 49.6 Å². The number of nitrogens with two attached hydrogens (primary N) is 1. The predicted molar refractivity (Wildman–Crippen MR) is 97.2 cm³/mol. The molecule has 0 atom stereocenters. The van der Waals surface area contributed by atoms with Gasteiger partial charge in [-0.3, -0.25) is 4.99 Å². The van der Waals surface area contributed by atoms with Crippen LogP contribution in [0.5, 0.6) is 5.75 Å². The van der Waals surface area contributed by atoms with Gasteiger partial charge in [0.05, 0.1) is 24.7 Å². The van der Waals surface area contributed by atoms with Gasteiger partial charge in [-0.2, -0.15) is 18.3 Å². The number of hydrogen-bond donors (Lipinski definition) is 1. The molecule has 2 N–H and O–H groups in total. The van der Waals surface area contributed by atoms with Gasteiger partial charge in [0, 0.05) is 16.3 Å². The first-order chi connectivity index (χ1) is 13.2. The minimum atomic E-state index is -4.84. The van der Waals surface area contributed by atoms with E-state index in [0.29, 0.717) is 10.4 Å². The van der Waals surface area contributed by atoms with Crippen molar-refractivity contribution in [2.24, 2.45) is 4.99 Å². The summed E-state index contributed by atoms with van der Waals surface area (Å²) < 4.78 is 46.7. The van der Waals surface area contributed by atoms with E-state index in [4.69, 9.17) is 22.1 Å². The second-order valence-corrected chi connectivity index (χ2v) is 6.11. The zero-order valence-electron chi connectivity index (χ0n) is 14.4. The van der Waals surface area contributed by atoms with E-state index in [9.17, 15) is 18.3 Å². The first kappa shape index (κ1) is 19.6. The summed E-state index contributed by atoms with van der Waals surface area (Å²) in [5.41, 5.74) is 4.07. The molecule has 0 aliphatic heterocycles. The topological polar surface area (TPSA) is 88.5 Å². The van der Waals surface area contributed by atoms with Crippen LogP contribution in [0.2, 0.25) is 5.02 Å². The first-order valence-electron chi connectivity index (χ1n) is 7.81. The van der Waals surface area contributed by atoms with Crippen molar-refractivity contribution in [2.45, 2.75) is 6.18 Å². The molecule has 3 aromatic rings. The Kier molecular flexibility index (Phi) is 5.19. The largest absolute Gasteiger partial charge is 0.858 e. The Hall–Kier alpha value is -3.20. The summed E-state index contributed by atoms with van der Waals surface area (Å²) in [6.07, 6.45) is -4.02. The lowest BCUT2D eigenvalue weighted by molar-refractivity contribution is -0.213. The molecule has 0 aliphatic carbocycles. The second kappa shape index (κ2) is 7.43. The molecule has 0 fully saturated rings. The third-order valence-corrected chi connectivity index (χ3v) is 3.94. The van der Waals surface area contributed by atoms with E-state index in [0.717, 1.165) is 6.20 Å². The van der Waals surface area contributed by atoms with Gasteiger partial charge in [0.15, 0.2) is 5.69 Å². The quantitative estimate of drug-likeness (QED) is 0.405. The molecular formula is C18H13ClF3N4O2-. The summed E-state index contributed by atoms with van der Waals surface area (Å²) in [6.45, 7) is 0. The number of nitrogens with zero attached hydrogens (tertiary/aromatic N) is 3. The van der Waals surface area contributed by atoms with Crippen LogP contribution in [-0.2, 0) is 6.18 Å². The van der Waals surface area contributed by atoms with Crippen LogP contribution in [0.15, 0.2) is 53.7 Å². The van der Waals surface area contributed by atoms with Gasteiger partial charge in [0.1, 0.15) is 5.75 Å². The standard InChI is InChI=1S/C18H14ClF3N4O2/c1-28-14-4-2-13(3-5-14)26-16(18(20,21)22)15(9-24-26)17(27)25-12-7-10(19)6-11(23)8-12/h2-9H,23H2,1H3,(H,25,27)/p-1. The fourth-order valence-electron chi connectivity index (χ4n) is 2.54. The molecule has 0 saturated heterocycles. The van der Waals surface area contributed by atoms with E-state index in [2.05, 4.69) is 10.1 Å². The van der Waals surface area contributed by atoms with Crippen molar-refractivity contribution < 1.29 is 23.0 Å². The van der Waals surface area contributed by atoms with E-state index < -0.39 is 23.3 Å². The number of methoxy groups -OCH3 is 1. The average molecular weight is 410 g/mol. The van der Waals surface area contributed by atoms with Crippen molar-refractivity contribution in [1.29, 1.82) is 0 Å². The molecule has 2 aromatic carbocycles. The lowest BCUT2D eigenvalue weighted by atomic mass is 10.2. The molecule has 0 unspecified atom stereocenters. The number of aliphatic imine (C=N–C) groups is 1. The zero-order chi connectivity index (χ0) is 20.5. The Labute approximate surface area is 162 Å². The van der Waals surface area contributed by atoms with Crippen LogP contribution in [0, 0.1) is 0 Å². The Morgan fingerprint density at radius 2 is 1.89 bits per heavy atom. The molecule has 1 heterocycles. The van der Waals surface area contributed by atoms with E-state index in [-0.39, 0.29) is 22.1 Å². The monoisotopic (exact) mass is 409 g/mol. The summed E-state index contributed by atoms with van der Waals surface area (Å²) >= 11 is 5.83. The maximum atomic E-state index is 13.7. The number of nitrogen functional groups attached to an aromatic ring is 1. The maximum absolute atomic E-state index is 13.7. The van der Waals surface area contributed by atoms with Crippen molar-refractivity contribution in [1.82, 2.24) is 9.78 Å². The fraction of sp³-hybridized carbons (Fsp3) is 0.111. The Bertz CT molecular complexity index is 1010. The molecule has 0 radical (unpaired) electrons. The smallest absolute Gasteiger partial charge is 0.434 e. The van der Waals surface area contributed by atoms with Gasteiger partial charge in [0.25, 0.3) is 0 Å². The highest BCUT2D eigenvalue weighted by molar-refractivity contribution is 6.31. The Morgan fingerprint density at radius 1 is 1.21 bits per heavy atom. The number of rotatable bonds is 4. The molecule has 146 valence electrons. The predicted octanol–water partition coefficient (Wildman–Crippen LogP) is 3.57. The van der Waals surface area contributed by atoms with Gasteiger partial charge < -0.3 is 15.6 Å². The summed E-state index contributed by atoms with van der Waals surface area (Å²) in [5, 5.41) is 16.4. The normalized spacial score (nSPS) is 12.2. The molecule has 10 heteroatoms. The van der Waals surface area contributed by atoms with Crippen LogP contribution in [0.1, 0.15) is 11.3 Å². The number of halogens is 4. The maximum Gasteiger partial charge on any atom is 0.434 e. The SMILES string of the molecule is COc1ccc(-n2ncc(C([O-])=Nc3cc(N)cc(Cl)c3)c2C(F)(F)F)cc1. The average Bonchev–Trinajstić information content (AvgIpc) is 3.06. The van der Waals surface area contributed by atoms with Crippen LogP contribution < -0.4 is 15.6 Å². The Morgan fingerprint density at radius 3 is 2.46 bits per heavy atom. The van der Waals surface area contributed by atoms with Crippen LogP contribution in [-0.4, -0.2) is 22.8 Å². The highest BCUT2D eigenvalue weighted by Gasteiger charge is 2.38. The third kappa shape index (κ3) is 4.04. The van der Waals surface area contributed by atoms with Gasteiger partial charge in [0.2, 0.25) is 0 Å². The number of hydrogen-bond acceptors (Lipinski definition) is 5.